The average molecular weight is 361 g/mol. The van der Waals surface area contributed by atoms with Gasteiger partial charge >= 0.3 is 0 Å². The number of aliphatic imine (C=N–C) groups is 2. The molecule has 24 heavy (non-hydrogen) atoms. The van der Waals surface area contributed by atoms with Crippen LogP contribution in [0.2, 0.25) is 10.0 Å². The summed E-state index contributed by atoms with van der Waals surface area (Å²) in [4.78, 5) is 9.65. The van der Waals surface area contributed by atoms with Crippen molar-refractivity contribution in [2.75, 3.05) is 0 Å². The second-order valence-electron chi connectivity index (χ2n) is 5.69. The van der Waals surface area contributed by atoms with Gasteiger partial charge in [0.1, 0.15) is 0 Å². The van der Waals surface area contributed by atoms with E-state index in [4.69, 9.17) is 33.2 Å². The summed E-state index contributed by atoms with van der Waals surface area (Å²) >= 11 is 12.2. The molecular weight excluding hydrogens is 339 g/mol. The van der Waals surface area contributed by atoms with E-state index in [-0.39, 0.29) is 0 Å². The molecule has 0 saturated heterocycles. The molecule has 0 spiro atoms. The highest BCUT2D eigenvalue weighted by molar-refractivity contribution is 6.43. The van der Waals surface area contributed by atoms with Gasteiger partial charge in [-0.25, -0.2) is 0 Å². The molecule has 2 aromatic carbocycles. The number of hydrogen-bond acceptors (Lipinski definition) is 2. The summed E-state index contributed by atoms with van der Waals surface area (Å²) in [7, 11) is 0. The predicted octanol–water partition coefficient (Wildman–Crippen LogP) is 7.28. The molecule has 0 unspecified atom stereocenters. The summed E-state index contributed by atoms with van der Waals surface area (Å²) in [6.45, 7) is 8.25. The van der Waals surface area contributed by atoms with Crippen molar-refractivity contribution in [3.8, 4) is 0 Å². The summed E-state index contributed by atoms with van der Waals surface area (Å²) in [6, 6.07) is 11.5. The summed E-state index contributed by atoms with van der Waals surface area (Å²) in [6.07, 6.45) is 1.61. The first-order chi connectivity index (χ1) is 11.4. The van der Waals surface area contributed by atoms with E-state index in [1.807, 2.05) is 50.2 Å². The van der Waals surface area contributed by atoms with E-state index in [0.29, 0.717) is 10.0 Å². The molecule has 0 aliphatic rings. The average Bonchev–Trinajstić information content (AvgIpc) is 2.56. The molecule has 2 rings (SSSR count). The fourth-order valence-corrected chi connectivity index (χ4v) is 2.72. The molecule has 0 aliphatic carbocycles. The van der Waals surface area contributed by atoms with Crippen LogP contribution < -0.4 is 0 Å². The number of benzene rings is 2. The molecule has 0 N–H and O–H groups in total. The normalized spacial score (nSPS) is 12.6. The molecule has 0 bridgehead atoms. The van der Waals surface area contributed by atoms with Gasteiger partial charge in [-0.2, -0.15) is 0 Å². The minimum absolute atomic E-state index is 0.690. The van der Waals surface area contributed by atoms with Crippen molar-refractivity contribution < 1.29 is 0 Å². The minimum atomic E-state index is 0.690. The summed E-state index contributed by atoms with van der Waals surface area (Å²) in [5.41, 5.74) is 5.93. The van der Waals surface area contributed by atoms with Crippen LogP contribution in [0.3, 0.4) is 0 Å². The van der Waals surface area contributed by atoms with Gasteiger partial charge in [-0.05, 0) is 62.1 Å². The third-order valence-electron chi connectivity index (χ3n) is 3.86. The molecule has 2 aromatic rings. The highest BCUT2D eigenvalue weighted by Crippen LogP contribution is 2.26. The van der Waals surface area contributed by atoms with Gasteiger partial charge in [-0.3, -0.25) is 9.98 Å². The molecule has 0 radical (unpaired) electrons. The fourth-order valence-electron chi connectivity index (χ4n) is 2.39. The number of nitrogens with zero attached hydrogens (tertiary/aromatic N) is 2. The van der Waals surface area contributed by atoms with E-state index in [1.165, 1.54) is 0 Å². The van der Waals surface area contributed by atoms with Crippen LogP contribution >= 0.6 is 23.2 Å². The van der Waals surface area contributed by atoms with Gasteiger partial charge in [-0.1, -0.05) is 49.2 Å². The van der Waals surface area contributed by atoms with Crippen LogP contribution in [0, 0.1) is 13.8 Å². The van der Waals surface area contributed by atoms with Crippen LogP contribution in [-0.4, -0.2) is 11.4 Å². The van der Waals surface area contributed by atoms with E-state index >= 15 is 0 Å². The lowest BCUT2D eigenvalue weighted by Gasteiger charge is -2.10. The Bertz CT molecular complexity index is 725. The summed E-state index contributed by atoms with van der Waals surface area (Å²) < 4.78 is 0. The van der Waals surface area contributed by atoms with Crippen molar-refractivity contribution in [3.63, 3.8) is 0 Å². The zero-order valence-corrected chi connectivity index (χ0v) is 16.0. The maximum Gasteiger partial charge on any atom is 0.0677 e. The van der Waals surface area contributed by atoms with Crippen molar-refractivity contribution in [1.29, 1.82) is 0 Å². The van der Waals surface area contributed by atoms with Crippen molar-refractivity contribution in [1.82, 2.24) is 0 Å². The summed E-state index contributed by atoms with van der Waals surface area (Å²) in [5.74, 6) is 0. The van der Waals surface area contributed by atoms with Gasteiger partial charge in [0.15, 0.2) is 0 Å². The van der Waals surface area contributed by atoms with Crippen LogP contribution in [0.1, 0.15) is 37.8 Å². The number of hydrogen-bond donors (Lipinski definition) is 0. The van der Waals surface area contributed by atoms with Gasteiger partial charge in [0.2, 0.25) is 0 Å². The Balaban J connectivity index is 2.49. The topological polar surface area (TPSA) is 24.7 Å². The Kier molecular flexibility index (Phi) is 6.59. The Morgan fingerprint density at radius 2 is 1.12 bits per heavy atom. The first kappa shape index (κ1) is 18.7. The molecule has 126 valence electrons. The van der Waals surface area contributed by atoms with E-state index in [0.717, 1.165) is 46.8 Å². The maximum absolute atomic E-state index is 6.11. The van der Waals surface area contributed by atoms with Crippen molar-refractivity contribution >= 4 is 46.0 Å². The molecule has 0 amide bonds. The van der Waals surface area contributed by atoms with Crippen molar-refractivity contribution in [2.45, 2.75) is 40.5 Å². The molecule has 4 heteroatoms. The molecule has 0 aromatic heterocycles. The zero-order valence-electron chi connectivity index (χ0n) is 14.5. The highest BCUT2D eigenvalue weighted by atomic mass is 35.5. The largest absolute Gasteiger partial charge is 0.251 e. The number of rotatable bonds is 5. The third kappa shape index (κ3) is 4.68. The molecule has 0 heterocycles. The van der Waals surface area contributed by atoms with E-state index in [1.54, 1.807) is 0 Å². The summed E-state index contributed by atoms with van der Waals surface area (Å²) in [5, 5.41) is 1.38. The lowest BCUT2D eigenvalue weighted by molar-refractivity contribution is 1.23. The molecule has 2 nitrogen and oxygen atoms in total. The van der Waals surface area contributed by atoms with Crippen LogP contribution in [0.5, 0.6) is 0 Å². The van der Waals surface area contributed by atoms with E-state index in [9.17, 15) is 0 Å². The highest BCUT2D eigenvalue weighted by Gasteiger charge is 2.09. The predicted molar refractivity (Wildman–Crippen MR) is 107 cm³/mol. The van der Waals surface area contributed by atoms with E-state index < -0.39 is 0 Å². The van der Waals surface area contributed by atoms with Crippen LogP contribution in [-0.2, 0) is 0 Å². The monoisotopic (exact) mass is 360 g/mol. The number of halogens is 2. The smallest absolute Gasteiger partial charge is 0.0677 e. The van der Waals surface area contributed by atoms with Gasteiger partial charge in [-0.15, -0.1) is 0 Å². The molecule has 0 aliphatic heterocycles. The lowest BCUT2D eigenvalue weighted by Crippen LogP contribution is -2.12. The Morgan fingerprint density at radius 1 is 0.750 bits per heavy atom. The van der Waals surface area contributed by atoms with Crippen LogP contribution in [0.4, 0.5) is 11.4 Å². The number of aryl methyl sites for hydroxylation is 2. The van der Waals surface area contributed by atoms with Gasteiger partial charge < -0.3 is 0 Å². The van der Waals surface area contributed by atoms with Crippen molar-refractivity contribution in [2.24, 2.45) is 9.98 Å². The standard InChI is InChI=1S/C20H22Cl2N2/c1-5-17(23-19-11-15(21)9-7-13(19)3)18(6-2)24-20-12-16(22)10-8-14(20)4/h7-12H,5-6H2,1-4H3/b23-17+,24-18+. The Hall–Kier alpha value is -1.64. The second-order valence-corrected chi connectivity index (χ2v) is 6.56. The van der Waals surface area contributed by atoms with E-state index in [2.05, 4.69) is 13.8 Å². The van der Waals surface area contributed by atoms with Gasteiger partial charge in [0.25, 0.3) is 0 Å². The SMILES string of the molecule is CCC(=N\c1cc(Cl)ccc1C)/C(CC)=N/c1cc(Cl)ccc1C. The first-order valence-electron chi connectivity index (χ1n) is 8.12. The van der Waals surface area contributed by atoms with Crippen LogP contribution in [0.15, 0.2) is 46.4 Å². The Morgan fingerprint density at radius 3 is 1.46 bits per heavy atom. The van der Waals surface area contributed by atoms with Gasteiger partial charge in [0, 0.05) is 10.0 Å². The molecule has 0 fully saturated rings. The fraction of sp³-hybridized carbons (Fsp3) is 0.300. The second kappa shape index (κ2) is 8.46. The quantitative estimate of drug-likeness (QED) is 0.500. The molecule has 0 atom stereocenters. The molecular formula is C20H22Cl2N2. The minimum Gasteiger partial charge on any atom is -0.251 e. The van der Waals surface area contributed by atoms with Crippen molar-refractivity contribution in [3.05, 3.63) is 57.6 Å². The van der Waals surface area contributed by atoms with Gasteiger partial charge in [0.05, 0.1) is 22.8 Å². The lowest BCUT2D eigenvalue weighted by atomic mass is 10.1. The first-order valence-corrected chi connectivity index (χ1v) is 8.88. The third-order valence-corrected chi connectivity index (χ3v) is 4.33. The maximum atomic E-state index is 6.11. The van der Waals surface area contributed by atoms with Crippen LogP contribution in [0.25, 0.3) is 0 Å². The Labute approximate surface area is 154 Å². The zero-order chi connectivity index (χ0) is 17.7. The molecule has 0 saturated carbocycles.